The average molecular weight is 478 g/mol. The van der Waals surface area contributed by atoms with Gasteiger partial charge in [0.1, 0.15) is 5.49 Å². The minimum atomic E-state index is 0.343. The SMILES string of the molecule is COc1cc2nc(SC/C=C/c3ccccc3)n(Cc3ccccc3Cl)c(=N)c2cc1OC. The number of fused-ring (bicyclic) bond motifs is 1. The van der Waals surface area contributed by atoms with Crippen molar-refractivity contribution in [1.29, 1.82) is 5.41 Å². The van der Waals surface area contributed by atoms with Gasteiger partial charge in [0.25, 0.3) is 0 Å². The zero-order valence-electron chi connectivity index (χ0n) is 18.4. The van der Waals surface area contributed by atoms with E-state index in [-0.39, 0.29) is 0 Å². The highest BCUT2D eigenvalue weighted by atomic mass is 35.5. The molecule has 0 fully saturated rings. The molecule has 4 rings (SSSR count). The minimum absolute atomic E-state index is 0.343. The lowest BCUT2D eigenvalue weighted by Crippen LogP contribution is -2.24. The number of nitrogens with zero attached hydrogens (tertiary/aromatic N) is 2. The first-order valence-electron chi connectivity index (χ1n) is 10.4. The Morgan fingerprint density at radius 2 is 1.70 bits per heavy atom. The van der Waals surface area contributed by atoms with Crippen LogP contribution < -0.4 is 15.0 Å². The van der Waals surface area contributed by atoms with Crippen LogP contribution in [0.25, 0.3) is 17.0 Å². The fourth-order valence-corrected chi connectivity index (χ4v) is 4.49. The molecule has 0 amide bonds. The van der Waals surface area contributed by atoms with Crippen molar-refractivity contribution < 1.29 is 9.47 Å². The monoisotopic (exact) mass is 477 g/mol. The van der Waals surface area contributed by atoms with Gasteiger partial charge in [0.2, 0.25) is 0 Å². The fraction of sp³-hybridized carbons (Fsp3) is 0.154. The molecule has 0 bridgehead atoms. The Morgan fingerprint density at radius 3 is 2.42 bits per heavy atom. The normalized spacial score (nSPS) is 11.2. The third-order valence-electron chi connectivity index (χ3n) is 5.18. The van der Waals surface area contributed by atoms with E-state index in [2.05, 4.69) is 24.3 Å². The molecule has 1 aromatic heterocycles. The largest absolute Gasteiger partial charge is 0.493 e. The van der Waals surface area contributed by atoms with Crippen LogP contribution in [0.4, 0.5) is 0 Å². The molecule has 4 aromatic rings. The molecule has 0 saturated carbocycles. The summed E-state index contributed by atoms with van der Waals surface area (Å²) in [5.41, 5.74) is 3.10. The summed E-state index contributed by atoms with van der Waals surface area (Å²) in [6, 6.07) is 21.5. The summed E-state index contributed by atoms with van der Waals surface area (Å²) >= 11 is 8.00. The predicted octanol–water partition coefficient (Wildman–Crippen LogP) is 6.04. The Kier molecular flexibility index (Phi) is 7.37. The fourth-order valence-electron chi connectivity index (χ4n) is 3.48. The molecular weight excluding hydrogens is 454 g/mol. The van der Waals surface area contributed by atoms with Gasteiger partial charge in [-0.25, -0.2) is 4.98 Å². The van der Waals surface area contributed by atoms with Crippen molar-refractivity contribution in [2.45, 2.75) is 11.7 Å². The summed E-state index contributed by atoms with van der Waals surface area (Å²) in [7, 11) is 3.18. The molecule has 0 spiro atoms. The van der Waals surface area contributed by atoms with E-state index in [0.29, 0.717) is 45.2 Å². The topological polar surface area (TPSA) is 60.1 Å². The van der Waals surface area contributed by atoms with Gasteiger partial charge in [0.15, 0.2) is 16.7 Å². The number of rotatable bonds is 8. The van der Waals surface area contributed by atoms with Crippen LogP contribution in [-0.4, -0.2) is 29.5 Å². The zero-order valence-corrected chi connectivity index (χ0v) is 20.0. The predicted molar refractivity (Wildman–Crippen MR) is 135 cm³/mol. The van der Waals surface area contributed by atoms with Crippen molar-refractivity contribution in [2.24, 2.45) is 0 Å². The Morgan fingerprint density at radius 1 is 1.00 bits per heavy atom. The number of nitrogens with one attached hydrogen (secondary N) is 1. The van der Waals surface area contributed by atoms with Crippen LogP contribution in [0.1, 0.15) is 11.1 Å². The lowest BCUT2D eigenvalue weighted by molar-refractivity contribution is 0.355. The van der Waals surface area contributed by atoms with Gasteiger partial charge in [-0.1, -0.05) is 84.0 Å². The van der Waals surface area contributed by atoms with E-state index >= 15 is 0 Å². The third-order valence-corrected chi connectivity index (χ3v) is 6.48. The molecule has 3 aromatic carbocycles. The second kappa shape index (κ2) is 10.6. The molecule has 0 atom stereocenters. The second-order valence-electron chi connectivity index (χ2n) is 7.27. The van der Waals surface area contributed by atoms with Crippen LogP contribution in [0.2, 0.25) is 5.02 Å². The van der Waals surface area contributed by atoms with Crippen molar-refractivity contribution in [3.63, 3.8) is 0 Å². The highest BCUT2D eigenvalue weighted by molar-refractivity contribution is 7.99. The van der Waals surface area contributed by atoms with Crippen molar-refractivity contribution in [3.8, 4) is 11.5 Å². The molecule has 7 heteroatoms. The summed E-state index contributed by atoms with van der Waals surface area (Å²) in [5.74, 6) is 1.86. The first kappa shape index (κ1) is 23.0. The maximum atomic E-state index is 8.97. The molecule has 168 valence electrons. The molecule has 0 aliphatic carbocycles. The molecule has 0 aliphatic rings. The van der Waals surface area contributed by atoms with E-state index in [0.717, 1.165) is 16.3 Å². The van der Waals surface area contributed by atoms with Crippen LogP contribution in [0, 0.1) is 5.41 Å². The maximum absolute atomic E-state index is 8.97. The Hall–Kier alpha value is -3.22. The van der Waals surface area contributed by atoms with Crippen molar-refractivity contribution in [2.75, 3.05) is 20.0 Å². The zero-order chi connectivity index (χ0) is 23.2. The van der Waals surface area contributed by atoms with Gasteiger partial charge in [-0.15, -0.1) is 0 Å². The Labute approximate surface area is 202 Å². The average Bonchev–Trinajstić information content (AvgIpc) is 2.85. The van der Waals surface area contributed by atoms with Gasteiger partial charge in [-0.05, 0) is 23.3 Å². The van der Waals surface area contributed by atoms with E-state index < -0.39 is 0 Å². The van der Waals surface area contributed by atoms with Crippen LogP contribution in [0.5, 0.6) is 11.5 Å². The summed E-state index contributed by atoms with van der Waals surface area (Å²) < 4.78 is 12.8. The molecule has 1 N–H and O–H groups in total. The van der Waals surface area contributed by atoms with Crippen LogP contribution >= 0.6 is 23.4 Å². The van der Waals surface area contributed by atoms with Gasteiger partial charge in [-0.3, -0.25) is 5.41 Å². The van der Waals surface area contributed by atoms with Gasteiger partial charge >= 0.3 is 0 Å². The molecular formula is C26H24ClN3O2S. The van der Waals surface area contributed by atoms with Crippen molar-refractivity contribution >= 4 is 40.3 Å². The summed E-state index contributed by atoms with van der Waals surface area (Å²) in [6.07, 6.45) is 4.19. The third kappa shape index (κ3) is 5.24. The quantitative estimate of drug-likeness (QED) is 0.248. The lowest BCUT2D eigenvalue weighted by atomic mass is 10.2. The number of halogens is 1. The number of thioether (sulfide) groups is 1. The summed E-state index contributed by atoms with van der Waals surface area (Å²) in [6.45, 7) is 0.445. The van der Waals surface area contributed by atoms with Crippen molar-refractivity contribution in [3.05, 3.63) is 94.4 Å². The smallest absolute Gasteiger partial charge is 0.170 e. The molecule has 0 unspecified atom stereocenters. The number of hydrogen-bond donors (Lipinski definition) is 1. The lowest BCUT2D eigenvalue weighted by Gasteiger charge is -2.16. The van der Waals surface area contributed by atoms with Crippen LogP contribution in [-0.2, 0) is 6.54 Å². The van der Waals surface area contributed by atoms with E-state index in [1.165, 1.54) is 0 Å². The van der Waals surface area contributed by atoms with E-state index in [9.17, 15) is 0 Å². The number of benzene rings is 3. The number of aromatic nitrogens is 2. The first-order chi connectivity index (χ1) is 16.1. The highest BCUT2D eigenvalue weighted by Crippen LogP contribution is 2.31. The van der Waals surface area contributed by atoms with E-state index in [1.54, 1.807) is 32.0 Å². The van der Waals surface area contributed by atoms with Crippen LogP contribution in [0.3, 0.4) is 0 Å². The van der Waals surface area contributed by atoms with E-state index in [1.807, 2.05) is 53.1 Å². The number of hydrogen-bond acceptors (Lipinski definition) is 5. The standard InChI is InChI=1S/C26H24ClN3O2S/c1-31-23-15-20-22(16-24(23)32-2)29-26(33-14-8-11-18-9-4-3-5-10-18)30(25(20)28)17-19-12-6-7-13-21(19)27/h3-13,15-16,28H,14,17H2,1-2H3/b11-8+,28-25?. The van der Waals surface area contributed by atoms with Gasteiger partial charge in [0.05, 0.1) is 26.3 Å². The highest BCUT2D eigenvalue weighted by Gasteiger charge is 2.14. The Balaban J connectivity index is 1.75. The molecule has 0 radical (unpaired) electrons. The molecule has 33 heavy (non-hydrogen) atoms. The summed E-state index contributed by atoms with van der Waals surface area (Å²) in [5, 5.41) is 11.0. The summed E-state index contributed by atoms with van der Waals surface area (Å²) in [4.78, 5) is 4.88. The molecule has 0 aliphatic heterocycles. The van der Waals surface area contributed by atoms with Gasteiger partial charge < -0.3 is 14.0 Å². The molecule has 5 nitrogen and oxygen atoms in total. The second-order valence-corrected chi connectivity index (χ2v) is 8.66. The Bertz CT molecular complexity index is 1350. The van der Waals surface area contributed by atoms with Gasteiger partial charge in [0, 0.05) is 22.2 Å². The maximum Gasteiger partial charge on any atom is 0.170 e. The molecule has 1 heterocycles. The van der Waals surface area contributed by atoms with Crippen molar-refractivity contribution in [1.82, 2.24) is 9.55 Å². The molecule has 0 saturated heterocycles. The van der Waals surface area contributed by atoms with Gasteiger partial charge in [-0.2, -0.15) is 0 Å². The van der Waals surface area contributed by atoms with Crippen LogP contribution in [0.15, 0.2) is 78.0 Å². The minimum Gasteiger partial charge on any atom is -0.493 e. The number of methoxy groups -OCH3 is 2. The number of ether oxygens (including phenoxy) is 2. The first-order valence-corrected chi connectivity index (χ1v) is 11.8. The van der Waals surface area contributed by atoms with E-state index in [4.69, 9.17) is 31.5 Å².